The second kappa shape index (κ2) is 5.84. The molecule has 2 aromatic rings. The van der Waals surface area contributed by atoms with Crippen LogP contribution in [0.2, 0.25) is 0 Å². The van der Waals surface area contributed by atoms with Crippen LogP contribution in [-0.2, 0) is 16.0 Å². The quantitative estimate of drug-likeness (QED) is 0.862. The second-order valence-electron chi connectivity index (χ2n) is 6.92. The van der Waals surface area contributed by atoms with E-state index in [1.807, 2.05) is 0 Å². The molecule has 3 fully saturated rings. The molecule has 5 rings (SSSR count). The molecule has 0 bridgehead atoms. The van der Waals surface area contributed by atoms with Crippen LogP contribution in [0, 0.1) is 0 Å². The van der Waals surface area contributed by atoms with E-state index >= 15 is 0 Å². The van der Waals surface area contributed by atoms with E-state index in [-0.39, 0.29) is 6.29 Å². The number of aromatic nitrogens is 2. The summed E-state index contributed by atoms with van der Waals surface area (Å²) in [4.78, 5) is 8.63. The van der Waals surface area contributed by atoms with Gasteiger partial charge in [0.1, 0.15) is 0 Å². The number of hydrogen-bond donors (Lipinski definition) is 0. The Bertz CT molecular complexity index is 687. The Labute approximate surface area is 140 Å². The van der Waals surface area contributed by atoms with E-state index in [1.165, 1.54) is 43.5 Å². The number of likely N-dealkylation sites (tertiary alicyclic amines) is 1. The van der Waals surface area contributed by atoms with Gasteiger partial charge in [-0.15, -0.1) is 11.3 Å². The molecule has 0 N–H and O–H groups in total. The van der Waals surface area contributed by atoms with Gasteiger partial charge in [0.25, 0.3) is 0 Å². The van der Waals surface area contributed by atoms with Crippen molar-refractivity contribution in [2.24, 2.45) is 0 Å². The topological polar surface area (TPSA) is 39.0 Å². The van der Waals surface area contributed by atoms with Crippen molar-refractivity contribution in [3.05, 3.63) is 23.0 Å². The highest BCUT2D eigenvalue weighted by Crippen LogP contribution is 2.42. The Morgan fingerprint density at radius 2 is 2.04 bits per heavy atom. The lowest BCUT2D eigenvalue weighted by Gasteiger charge is -2.37. The van der Waals surface area contributed by atoms with E-state index in [2.05, 4.69) is 20.9 Å². The summed E-state index contributed by atoms with van der Waals surface area (Å²) in [7, 11) is 0. The fourth-order valence-electron chi connectivity index (χ4n) is 4.00. The summed E-state index contributed by atoms with van der Waals surface area (Å²) in [6.45, 7) is 3.58. The van der Waals surface area contributed by atoms with E-state index < -0.39 is 0 Å². The largest absolute Gasteiger partial charge is 0.349 e. The zero-order valence-electron chi connectivity index (χ0n) is 13.3. The number of piperidine rings is 1. The number of hydrogen-bond acceptors (Lipinski definition) is 5. The minimum Gasteiger partial charge on any atom is -0.349 e. The van der Waals surface area contributed by atoms with Gasteiger partial charge in [-0.25, -0.2) is 4.98 Å². The van der Waals surface area contributed by atoms with Crippen LogP contribution in [0.3, 0.4) is 0 Å². The van der Waals surface area contributed by atoms with E-state index in [9.17, 15) is 0 Å². The molecule has 2 aliphatic heterocycles. The van der Waals surface area contributed by atoms with Crippen LogP contribution >= 0.6 is 11.3 Å². The third-order valence-electron chi connectivity index (χ3n) is 5.33. The second-order valence-corrected chi connectivity index (χ2v) is 7.79. The Morgan fingerprint density at radius 3 is 2.87 bits per heavy atom. The van der Waals surface area contributed by atoms with Gasteiger partial charge >= 0.3 is 0 Å². The summed E-state index contributed by atoms with van der Waals surface area (Å²) in [6.07, 6.45) is 8.47. The molecule has 4 heterocycles. The molecule has 124 valence electrons. The zero-order chi connectivity index (χ0) is 15.2. The van der Waals surface area contributed by atoms with Crippen LogP contribution in [0.15, 0.2) is 11.6 Å². The van der Waals surface area contributed by atoms with E-state index in [1.54, 1.807) is 11.3 Å². The van der Waals surface area contributed by atoms with Crippen LogP contribution in [0.4, 0.5) is 0 Å². The standard InChI is InChI=1S/C17H23N3O2S/c1-2-6-19(13(3-1)16-21-8-9-22-16)11-14-15(12-4-5-12)18-17-20(14)7-10-23-17/h7,10,12-13,16H,1-6,8-9,11H2. The highest BCUT2D eigenvalue weighted by atomic mass is 32.1. The van der Waals surface area contributed by atoms with E-state index in [4.69, 9.17) is 14.5 Å². The predicted molar refractivity (Wildman–Crippen MR) is 88.8 cm³/mol. The van der Waals surface area contributed by atoms with Crippen molar-refractivity contribution < 1.29 is 9.47 Å². The van der Waals surface area contributed by atoms with E-state index in [0.717, 1.165) is 31.3 Å². The summed E-state index contributed by atoms with van der Waals surface area (Å²) < 4.78 is 13.9. The summed E-state index contributed by atoms with van der Waals surface area (Å²) in [5.41, 5.74) is 2.74. The van der Waals surface area contributed by atoms with Gasteiger partial charge in [0.2, 0.25) is 0 Å². The van der Waals surface area contributed by atoms with Crippen LogP contribution in [0.1, 0.15) is 49.4 Å². The lowest BCUT2D eigenvalue weighted by Crippen LogP contribution is -2.47. The van der Waals surface area contributed by atoms with Crippen LogP contribution < -0.4 is 0 Å². The van der Waals surface area contributed by atoms with Crippen molar-refractivity contribution >= 4 is 16.3 Å². The molecule has 1 atom stereocenters. The smallest absolute Gasteiger partial charge is 0.194 e. The van der Waals surface area contributed by atoms with Gasteiger partial charge in [-0.05, 0) is 32.2 Å². The number of fused-ring (bicyclic) bond motifs is 1. The molecule has 3 aliphatic rings. The number of rotatable bonds is 4. The summed E-state index contributed by atoms with van der Waals surface area (Å²) in [5, 5.41) is 2.14. The van der Waals surface area contributed by atoms with Crippen molar-refractivity contribution in [1.29, 1.82) is 0 Å². The Hall–Kier alpha value is -0.950. The maximum Gasteiger partial charge on any atom is 0.194 e. The van der Waals surface area contributed by atoms with Crippen molar-refractivity contribution in [2.45, 2.75) is 56.9 Å². The molecule has 1 unspecified atom stereocenters. The molecule has 0 aromatic carbocycles. The molecule has 5 nitrogen and oxygen atoms in total. The molecule has 2 saturated heterocycles. The predicted octanol–water partition coefficient (Wildman–Crippen LogP) is 3.00. The summed E-state index contributed by atoms with van der Waals surface area (Å²) >= 11 is 1.74. The SMILES string of the molecule is c1cn2c(CN3CCCCC3C3OCCO3)c(C3CC3)nc2s1. The molecular weight excluding hydrogens is 310 g/mol. The van der Waals surface area contributed by atoms with Gasteiger partial charge in [0, 0.05) is 24.0 Å². The van der Waals surface area contributed by atoms with Gasteiger partial charge in [-0.2, -0.15) is 0 Å². The first-order valence-corrected chi connectivity index (χ1v) is 9.70. The van der Waals surface area contributed by atoms with Crippen LogP contribution in [0.5, 0.6) is 0 Å². The highest BCUT2D eigenvalue weighted by molar-refractivity contribution is 7.15. The molecule has 0 amide bonds. The molecule has 23 heavy (non-hydrogen) atoms. The molecule has 0 radical (unpaired) electrons. The number of ether oxygens (including phenoxy) is 2. The van der Waals surface area contributed by atoms with Crippen molar-refractivity contribution in [3.63, 3.8) is 0 Å². The van der Waals surface area contributed by atoms with Gasteiger partial charge in [-0.3, -0.25) is 9.30 Å². The first-order valence-electron chi connectivity index (χ1n) is 8.82. The maximum absolute atomic E-state index is 5.82. The normalized spacial score (nSPS) is 27.2. The minimum atomic E-state index is -0.0365. The van der Waals surface area contributed by atoms with Gasteiger partial charge in [0.15, 0.2) is 11.3 Å². The van der Waals surface area contributed by atoms with E-state index in [0.29, 0.717) is 12.0 Å². The first kappa shape index (κ1) is 14.4. The molecule has 1 aliphatic carbocycles. The number of imidazole rings is 1. The Balaban J connectivity index is 1.44. The highest BCUT2D eigenvalue weighted by Gasteiger charge is 2.36. The lowest BCUT2D eigenvalue weighted by molar-refractivity contribution is -0.111. The zero-order valence-corrected chi connectivity index (χ0v) is 14.1. The van der Waals surface area contributed by atoms with Crippen molar-refractivity contribution in [1.82, 2.24) is 14.3 Å². The van der Waals surface area contributed by atoms with Crippen molar-refractivity contribution in [3.8, 4) is 0 Å². The first-order chi connectivity index (χ1) is 11.4. The molecule has 6 heteroatoms. The minimum absolute atomic E-state index is 0.0365. The maximum atomic E-state index is 5.82. The number of thiazole rings is 1. The van der Waals surface area contributed by atoms with Gasteiger partial charge < -0.3 is 9.47 Å². The average Bonchev–Trinajstić information content (AvgIpc) is 3.00. The molecule has 0 spiro atoms. The van der Waals surface area contributed by atoms with Gasteiger partial charge in [-0.1, -0.05) is 6.42 Å². The van der Waals surface area contributed by atoms with Crippen LogP contribution in [0.25, 0.3) is 4.96 Å². The van der Waals surface area contributed by atoms with Gasteiger partial charge in [0.05, 0.1) is 30.6 Å². The fourth-order valence-corrected chi connectivity index (χ4v) is 4.74. The fraction of sp³-hybridized carbons (Fsp3) is 0.706. The molecule has 2 aromatic heterocycles. The summed E-state index contributed by atoms with van der Waals surface area (Å²) in [6, 6.07) is 0.391. The average molecular weight is 333 g/mol. The van der Waals surface area contributed by atoms with Crippen molar-refractivity contribution in [2.75, 3.05) is 19.8 Å². The summed E-state index contributed by atoms with van der Waals surface area (Å²) in [5.74, 6) is 0.694. The molecular formula is C17H23N3O2S. The molecule has 1 saturated carbocycles. The number of nitrogens with zero attached hydrogens (tertiary/aromatic N) is 3. The van der Waals surface area contributed by atoms with Crippen LogP contribution in [-0.4, -0.2) is 46.4 Å². The third-order valence-corrected chi connectivity index (χ3v) is 6.09. The third kappa shape index (κ3) is 2.61. The monoisotopic (exact) mass is 333 g/mol. The Kier molecular flexibility index (Phi) is 3.66. The lowest BCUT2D eigenvalue weighted by atomic mass is 10.0. The Morgan fingerprint density at radius 1 is 1.17 bits per heavy atom.